The molecule has 2 atom stereocenters. The molecule has 0 bridgehead atoms. The van der Waals surface area contributed by atoms with E-state index in [4.69, 9.17) is 4.74 Å². The summed E-state index contributed by atoms with van der Waals surface area (Å²) >= 11 is 0. The molecule has 0 unspecified atom stereocenters. The molecule has 1 aliphatic rings. The summed E-state index contributed by atoms with van der Waals surface area (Å²) in [4.78, 5) is 37.1. The molecule has 7 heteroatoms. The maximum Gasteiger partial charge on any atom is 0.326 e. The fourth-order valence-corrected chi connectivity index (χ4v) is 3.01. The molecule has 1 aromatic carbocycles. The topological polar surface area (TPSA) is 95.9 Å². The third kappa shape index (κ3) is 4.49. The van der Waals surface area contributed by atoms with Crippen LogP contribution in [-0.2, 0) is 14.4 Å². The highest BCUT2D eigenvalue weighted by molar-refractivity contribution is 5.86. The third-order valence-corrected chi connectivity index (χ3v) is 4.50. The number of hydrogen-bond acceptors (Lipinski definition) is 4. The van der Waals surface area contributed by atoms with Crippen LogP contribution < -0.4 is 10.1 Å². The van der Waals surface area contributed by atoms with E-state index >= 15 is 0 Å². The monoisotopic (exact) mass is 348 g/mol. The van der Waals surface area contributed by atoms with Gasteiger partial charge in [-0.2, -0.15) is 0 Å². The number of amides is 2. The number of rotatable bonds is 5. The Hall–Kier alpha value is -2.57. The predicted octanol–water partition coefficient (Wildman–Crippen LogP) is 1.12. The molecule has 0 aromatic heterocycles. The van der Waals surface area contributed by atoms with Crippen molar-refractivity contribution in [2.45, 2.75) is 32.7 Å². The molecule has 2 rings (SSSR count). The molecule has 136 valence electrons. The highest BCUT2D eigenvalue weighted by atomic mass is 16.5. The van der Waals surface area contributed by atoms with Crippen molar-refractivity contribution in [3.63, 3.8) is 0 Å². The predicted molar refractivity (Wildman–Crippen MR) is 91.3 cm³/mol. The number of ether oxygens (including phenoxy) is 1. The lowest BCUT2D eigenvalue weighted by molar-refractivity contribution is -0.155. The number of carboxylic acids is 1. The summed E-state index contributed by atoms with van der Waals surface area (Å²) in [7, 11) is 1.53. The number of carboxylic acid groups (broad SMARTS) is 1. The SMILES string of the molecule is CNC(=O)[C@H]1CC[C@@H](C(=O)O)N(C(=O)COc2cc(C)ccc2C)C1. The Morgan fingerprint density at radius 3 is 2.64 bits per heavy atom. The minimum atomic E-state index is -1.06. The maximum absolute atomic E-state index is 12.5. The average Bonchev–Trinajstić information content (AvgIpc) is 2.60. The summed E-state index contributed by atoms with van der Waals surface area (Å²) in [5.74, 6) is -1.47. The van der Waals surface area contributed by atoms with Crippen LogP contribution in [0.3, 0.4) is 0 Å². The number of nitrogens with one attached hydrogen (secondary N) is 1. The first-order valence-corrected chi connectivity index (χ1v) is 8.27. The fraction of sp³-hybridized carbons (Fsp3) is 0.500. The number of nitrogens with zero attached hydrogens (tertiary/aromatic N) is 1. The lowest BCUT2D eigenvalue weighted by Crippen LogP contribution is -2.54. The van der Waals surface area contributed by atoms with E-state index in [2.05, 4.69) is 5.32 Å². The van der Waals surface area contributed by atoms with Gasteiger partial charge in [0, 0.05) is 13.6 Å². The van der Waals surface area contributed by atoms with Crippen molar-refractivity contribution in [2.75, 3.05) is 20.2 Å². The number of aliphatic carboxylic acids is 1. The minimum Gasteiger partial charge on any atom is -0.483 e. The van der Waals surface area contributed by atoms with Crippen LogP contribution >= 0.6 is 0 Å². The number of carbonyl (C=O) groups excluding carboxylic acids is 2. The van der Waals surface area contributed by atoms with Crippen molar-refractivity contribution in [3.8, 4) is 5.75 Å². The summed E-state index contributed by atoms with van der Waals surface area (Å²) in [6.45, 7) is 3.63. The molecular formula is C18H24N2O5. The van der Waals surface area contributed by atoms with Crippen LogP contribution in [0.15, 0.2) is 18.2 Å². The second kappa shape index (κ2) is 8.00. The van der Waals surface area contributed by atoms with Gasteiger partial charge in [-0.25, -0.2) is 4.79 Å². The average molecular weight is 348 g/mol. The van der Waals surface area contributed by atoms with Gasteiger partial charge in [0.1, 0.15) is 11.8 Å². The molecule has 2 N–H and O–H groups in total. The van der Waals surface area contributed by atoms with Crippen molar-refractivity contribution in [1.82, 2.24) is 10.2 Å². The van der Waals surface area contributed by atoms with E-state index in [9.17, 15) is 19.5 Å². The first-order valence-electron chi connectivity index (χ1n) is 8.27. The standard InChI is InChI=1S/C18H24N2O5/c1-11-4-5-12(2)15(8-11)25-10-16(21)20-9-13(17(22)19-3)6-7-14(20)18(23)24/h4-5,8,13-14H,6-7,9-10H2,1-3H3,(H,19,22)(H,23,24)/t13-,14-/m0/s1. The minimum absolute atomic E-state index is 0.0889. The molecule has 0 radical (unpaired) electrons. The highest BCUT2D eigenvalue weighted by Crippen LogP contribution is 2.24. The lowest BCUT2D eigenvalue weighted by Gasteiger charge is -2.36. The van der Waals surface area contributed by atoms with E-state index < -0.39 is 23.8 Å². The van der Waals surface area contributed by atoms with Gasteiger partial charge in [-0.1, -0.05) is 12.1 Å². The summed E-state index contributed by atoms with van der Waals surface area (Å²) < 4.78 is 5.60. The quantitative estimate of drug-likeness (QED) is 0.831. The molecule has 0 aliphatic carbocycles. The molecule has 1 heterocycles. The van der Waals surface area contributed by atoms with Gasteiger partial charge in [-0.15, -0.1) is 0 Å². The van der Waals surface area contributed by atoms with Crippen molar-refractivity contribution >= 4 is 17.8 Å². The Morgan fingerprint density at radius 2 is 2.00 bits per heavy atom. The van der Waals surface area contributed by atoms with Gasteiger partial charge in [0.05, 0.1) is 5.92 Å². The number of carbonyl (C=O) groups is 3. The number of likely N-dealkylation sites (tertiary alicyclic amines) is 1. The third-order valence-electron chi connectivity index (χ3n) is 4.50. The van der Waals surface area contributed by atoms with E-state index in [0.717, 1.165) is 11.1 Å². The van der Waals surface area contributed by atoms with Crippen molar-refractivity contribution in [3.05, 3.63) is 29.3 Å². The number of benzene rings is 1. The van der Waals surface area contributed by atoms with Crippen LogP contribution in [-0.4, -0.2) is 54.0 Å². The normalized spacial score (nSPS) is 20.0. The molecule has 0 spiro atoms. The molecule has 1 fully saturated rings. The second-order valence-electron chi connectivity index (χ2n) is 6.35. The number of aryl methyl sites for hydroxylation is 2. The van der Waals surface area contributed by atoms with Crippen LogP contribution in [0.4, 0.5) is 0 Å². The second-order valence-corrected chi connectivity index (χ2v) is 6.35. The van der Waals surface area contributed by atoms with Gasteiger partial charge in [-0.05, 0) is 43.9 Å². The molecule has 2 amide bonds. The van der Waals surface area contributed by atoms with Crippen LogP contribution in [0.1, 0.15) is 24.0 Å². The highest BCUT2D eigenvalue weighted by Gasteiger charge is 2.38. The lowest BCUT2D eigenvalue weighted by atomic mass is 9.92. The Labute approximate surface area is 147 Å². The first kappa shape index (κ1) is 18.8. The largest absolute Gasteiger partial charge is 0.483 e. The molecule has 1 aromatic rings. The molecule has 0 saturated carbocycles. The summed E-state index contributed by atoms with van der Waals surface area (Å²) in [6.07, 6.45) is 0.695. The van der Waals surface area contributed by atoms with Crippen molar-refractivity contribution < 1.29 is 24.2 Å². The first-order chi connectivity index (χ1) is 11.8. The Bertz CT molecular complexity index is 673. The van der Waals surface area contributed by atoms with Crippen LogP contribution in [0, 0.1) is 19.8 Å². The molecule has 1 aliphatic heterocycles. The van der Waals surface area contributed by atoms with Gasteiger partial charge < -0.3 is 20.1 Å². The van der Waals surface area contributed by atoms with Gasteiger partial charge in [0.25, 0.3) is 5.91 Å². The van der Waals surface area contributed by atoms with Crippen molar-refractivity contribution in [1.29, 1.82) is 0 Å². The van der Waals surface area contributed by atoms with Crippen LogP contribution in [0.25, 0.3) is 0 Å². The fourth-order valence-electron chi connectivity index (χ4n) is 3.01. The number of piperidine rings is 1. The van der Waals surface area contributed by atoms with E-state index in [-0.39, 0.29) is 25.5 Å². The zero-order valence-electron chi connectivity index (χ0n) is 14.7. The zero-order chi connectivity index (χ0) is 18.6. The molecule has 7 nitrogen and oxygen atoms in total. The van der Waals surface area contributed by atoms with Gasteiger partial charge >= 0.3 is 5.97 Å². The molecular weight excluding hydrogens is 324 g/mol. The van der Waals surface area contributed by atoms with Crippen LogP contribution in [0.5, 0.6) is 5.75 Å². The smallest absolute Gasteiger partial charge is 0.326 e. The summed E-state index contributed by atoms with van der Waals surface area (Å²) in [5.41, 5.74) is 1.91. The van der Waals surface area contributed by atoms with Crippen molar-refractivity contribution in [2.24, 2.45) is 5.92 Å². The van der Waals surface area contributed by atoms with Gasteiger partial charge in [0.15, 0.2) is 6.61 Å². The van der Waals surface area contributed by atoms with E-state index in [1.165, 1.54) is 11.9 Å². The summed E-state index contributed by atoms with van der Waals surface area (Å²) in [5, 5.41) is 11.9. The van der Waals surface area contributed by atoms with E-state index in [1.54, 1.807) is 0 Å². The van der Waals surface area contributed by atoms with E-state index in [1.807, 2.05) is 32.0 Å². The summed E-state index contributed by atoms with van der Waals surface area (Å²) in [6, 6.07) is 4.76. The zero-order valence-corrected chi connectivity index (χ0v) is 14.7. The maximum atomic E-state index is 12.5. The Balaban J connectivity index is 2.08. The molecule has 25 heavy (non-hydrogen) atoms. The Kier molecular flexibility index (Phi) is 6.01. The molecule has 1 saturated heterocycles. The van der Waals surface area contributed by atoms with E-state index in [0.29, 0.717) is 12.2 Å². The van der Waals surface area contributed by atoms with Crippen LogP contribution in [0.2, 0.25) is 0 Å². The Morgan fingerprint density at radius 1 is 1.28 bits per heavy atom. The van der Waals surface area contributed by atoms with Gasteiger partial charge in [0.2, 0.25) is 5.91 Å². The van der Waals surface area contributed by atoms with Gasteiger partial charge in [-0.3, -0.25) is 9.59 Å². The number of hydrogen-bond donors (Lipinski definition) is 2.